The number of hydrogen-bond donors (Lipinski definition) is 9. The van der Waals surface area contributed by atoms with E-state index in [0.29, 0.717) is 11.3 Å². The van der Waals surface area contributed by atoms with Crippen molar-refractivity contribution in [2.24, 2.45) is 11.5 Å². The topological polar surface area (TPSA) is 280 Å². The smallest absolute Gasteiger partial charge is 0.326 e. The lowest BCUT2D eigenvalue weighted by atomic mass is 10.0. The molecule has 0 bridgehead atoms. The number of phenolic OH excluding ortho intramolecular Hbond substituents is 1. The van der Waals surface area contributed by atoms with Crippen molar-refractivity contribution in [3.8, 4) is 5.75 Å². The number of carboxylic acid groups (broad SMARTS) is 2. The first-order valence-corrected chi connectivity index (χ1v) is 12.0. The molecule has 1 aromatic carbocycles. The second-order valence-electron chi connectivity index (χ2n) is 8.88. The number of carboxylic acids is 2. The summed E-state index contributed by atoms with van der Waals surface area (Å²) in [6.45, 7) is 0. The Morgan fingerprint density at radius 3 is 1.98 bits per heavy atom. The van der Waals surface area contributed by atoms with Crippen LogP contribution in [-0.2, 0) is 41.6 Å². The minimum Gasteiger partial charge on any atom is -0.508 e. The van der Waals surface area contributed by atoms with Crippen LogP contribution in [0.1, 0.15) is 30.5 Å². The number of phenols is 1. The molecule has 4 amide bonds. The first-order valence-electron chi connectivity index (χ1n) is 12.0. The Hall–Kier alpha value is -4.99. The molecule has 216 valence electrons. The number of imidazole rings is 1. The molecule has 16 nitrogen and oxygen atoms in total. The number of aromatic amines is 1. The molecule has 0 aliphatic carbocycles. The van der Waals surface area contributed by atoms with Crippen LogP contribution in [0.25, 0.3) is 0 Å². The normalized spacial score (nSPS) is 13.7. The molecule has 1 aromatic heterocycles. The number of carbonyl (C=O) groups excluding carboxylic acids is 4. The zero-order valence-electron chi connectivity index (χ0n) is 21.2. The fraction of sp³-hybridized carbons (Fsp3) is 0.375. The minimum atomic E-state index is -1.48. The summed E-state index contributed by atoms with van der Waals surface area (Å²) in [4.78, 5) is 79.3. The molecule has 2 rings (SSSR count). The fourth-order valence-corrected chi connectivity index (χ4v) is 3.55. The SMILES string of the molecule is NC(=O)CCC(NC(=O)C(Cc1cnc[nH]1)NC(=O)C(Cc1ccc(O)cc1)NC(=O)C(N)CC(=O)O)C(=O)O. The molecular weight excluding hydrogens is 530 g/mol. The van der Waals surface area contributed by atoms with Gasteiger partial charge in [-0.15, -0.1) is 0 Å². The molecule has 0 radical (unpaired) electrons. The van der Waals surface area contributed by atoms with Gasteiger partial charge in [-0.3, -0.25) is 24.0 Å². The summed E-state index contributed by atoms with van der Waals surface area (Å²) in [5, 5.41) is 35.1. The first kappa shape index (κ1) is 31.2. The van der Waals surface area contributed by atoms with Gasteiger partial charge >= 0.3 is 11.9 Å². The van der Waals surface area contributed by atoms with Gasteiger partial charge in [0.2, 0.25) is 23.6 Å². The lowest BCUT2D eigenvalue weighted by Gasteiger charge is -2.25. The number of nitrogens with two attached hydrogens (primary N) is 2. The number of benzene rings is 1. The molecule has 0 saturated heterocycles. The minimum absolute atomic E-state index is 0.0436. The number of nitrogens with zero attached hydrogens (tertiary/aromatic N) is 1. The van der Waals surface area contributed by atoms with Gasteiger partial charge < -0.3 is 47.7 Å². The van der Waals surface area contributed by atoms with Crippen LogP contribution in [-0.4, -0.2) is 85.0 Å². The molecule has 0 saturated carbocycles. The summed E-state index contributed by atoms with van der Waals surface area (Å²) in [5.41, 5.74) is 11.6. The van der Waals surface area contributed by atoms with Crippen molar-refractivity contribution >= 4 is 35.6 Å². The average molecular weight is 562 g/mol. The lowest BCUT2D eigenvalue weighted by molar-refractivity contribution is -0.142. The van der Waals surface area contributed by atoms with E-state index in [4.69, 9.17) is 16.6 Å². The van der Waals surface area contributed by atoms with Crippen LogP contribution in [0.2, 0.25) is 0 Å². The van der Waals surface area contributed by atoms with E-state index in [0.717, 1.165) is 0 Å². The molecule has 1 heterocycles. The van der Waals surface area contributed by atoms with Crippen LogP contribution in [0, 0.1) is 0 Å². The number of aromatic nitrogens is 2. The van der Waals surface area contributed by atoms with Crippen LogP contribution in [0.3, 0.4) is 0 Å². The highest BCUT2D eigenvalue weighted by atomic mass is 16.4. The summed E-state index contributed by atoms with van der Waals surface area (Å²) >= 11 is 0. The third-order valence-electron chi connectivity index (χ3n) is 5.65. The molecule has 40 heavy (non-hydrogen) atoms. The quantitative estimate of drug-likeness (QED) is 0.103. The summed E-state index contributed by atoms with van der Waals surface area (Å²) in [6.07, 6.45) is 1.12. The molecule has 2 aromatic rings. The van der Waals surface area contributed by atoms with E-state index in [2.05, 4.69) is 25.9 Å². The maximum Gasteiger partial charge on any atom is 0.326 e. The molecule has 0 fully saturated rings. The monoisotopic (exact) mass is 561 g/mol. The fourth-order valence-electron chi connectivity index (χ4n) is 3.55. The van der Waals surface area contributed by atoms with E-state index in [9.17, 15) is 39.0 Å². The zero-order chi connectivity index (χ0) is 29.8. The van der Waals surface area contributed by atoms with Gasteiger partial charge in [0.25, 0.3) is 0 Å². The van der Waals surface area contributed by atoms with Crippen LogP contribution in [0.5, 0.6) is 5.75 Å². The number of aromatic hydroxyl groups is 1. The third kappa shape index (κ3) is 10.4. The van der Waals surface area contributed by atoms with E-state index in [-0.39, 0.29) is 31.4 Å². The van der Waals surface area contributed by atoms with Crippen molar-refractivity contribution in [2.75, 3.05) is 0 Å². The number of amides is 4. The summed E-state index contributed by atoms with van der Waals surface area (Å²) in [7, 11) is 0. The molecule has 4 atom stereocenters. The van der Waals surface area contributed by atoms with Crippen molar-refractivity contribution < 1.29 is 44.1 Å². The van der Waals surface area contributed by atoms with Gasteiger partial charge in [0.15, 0.2) is 0 Å². The first-order chi connectivity index (χ1) is 18.8. The van der Waals surface area contributed by atoms with Crippen molar-refractivity contribution in [1.82, 2.24) is 25.9 Å². The van der Waals surface area contributed by atoms with E-state index in [1.165, 1.54) is 36.8 Å². The summed E-state index contributed by atoms with van der Waals surface area (Å²) in [5.74, 6) is -6.28. The third-order valence-corrected chi connectivity index (χ3v) is 5.65. The number of rotatable bonds is 16. The molecule has 16 heteroatoms. The Kier molecular flexibility index (Phi) is 11.6. The van der Waals surface area contributed by atoms with Crippen molar-refractivity contribution in [3.05, 3.63) is 48.0 Å². The highest BCUT2D eigenvalue weighted by molar-refractivity contribution is 5.95. The van der Waals surface area contributed by atoms with E-state index >= 15 is 0 Å². The van der Waals surface area contributed by atoms with Crippen molar-refractivity contribution in [2.45, 2.75) is 56.3 Å². The molecule has 4 unspecified atom stereocenters. The zero-order valence-corrected chi connectivity index (χ0v) is 21.2. The van der Waals surface area contributed by atoms with Crippen LogP contribution < -0.4 is 27.4 Å². The second-order valence-corrected chi connectivity index (χ2v) is 8.88. The van der Waals surface area contributed by atoms with Gasteiger partial charge in [0.05, 0.1) is 18.8 Å². The number of nitrogens with one attached hydrogen (secondary N) is 4. The Balaban J connectivity index is 2.29. The molecule has 0 aliphatic rings. The number of hydrogen-bond acceptors (Lipinski definition) is 9. The summed E-state index contributed by atoms with van der Waals surface area (Å²) in [6, 6.07) is 0.0211. The average Bonchev–Trinajstić information content (AvgIpc) is 3.39. The van der Waals surface area contributed by atoms with Crippen molar-refractivity contribution in [3.63, 3.8) is 0 Å². The van der Waals surface area contributed by atoms with Crippen molar-refractivity contribution in [1.29, 1.82) is 0 Å². The predicted molar refractivity (Wildman–Crippen MR) is 136 cm³/mol. The maximum absolute atomic E-state index is 13.4. The van der Waals surface area contributed by atoms with Gasteiger partial charge in [-0.25, -0.2) is 9.78 Å². The molecular formula is C24H31N7O9. The van der Waals surface area contributed by atoms with Gasteiger partial charge in [-0.2, -0.15) is 0 Å². The van der Waals surface area contributed by atoms with Gasteiger partial charge in [-0.1, -0.05) is 12.1 Å². The molecule has 11 N–H and O–H groups in total. The number of primary amides is 1. The molecule has 0 spiro atoms. The summed E-state index contributed by atoms with van der Waals surface area (Å²) < 4.78 is 0. The Labute approximate surface area is 227 Å². The maximum atomic E-state index is 13.4. The Bertz CT molecular complexity index is 1200. The largest absolute Gasteiger partial charge is 0.508 e. The highest BCUT2D eigenvalue weighted by Gasteiger charge is 2.31. The molecule has 0 aliphatic heterocycles. The number of carbonyl (C=O) groups is 6. The van der Waals surface area contributed by atoms with Crippen LogP contribution in [0.15, 0.2) is 36.8 Å². The van der Waals surface area contributed by atoms with Gasteiger partial charge in [0.1, 0.15) is 23.9 Å². The van der Waals surface area contributed by atoms with Crippen LogP contribution in [0.4, 0.5) is 0 Å². The van der Waals surface area contributed by atoms with E-state index < -0.39 is 66.2 Å². The van der Waals surface area contributed by atoms with Crippen LogP contribution >= 0.6 is 0 Å². The Morgan fingerprint density at radius 2 is 1.45 bits per heavy atom. The van der Waals surface area contributed by atoms with E-state index in [1.807, 2.05) is 0 Å². The lowest BCUT2D eigenvalue weighted by Crippen LogP contribution is -2.58. The van der Waals surface area contributed by atoms with Gasteiger partial charge in [-0.05, 0) is 24.1 Å². The number of aliphatic carboxylic acids is 2. The highest BCUT2D eigenvalue weighted by Crippen LogP contribution is 2.12. The standard InChI is InChI=1S/C24H31N7O9/c25-15(9-20(34)35)21(36)30-17(7-12-1-3-14(32)4-2-12)22(37)31-18(8-13-10-27-11-28-13)23(38)29-16(24(39)40)5-6-19(26)33/h1-4,10-11,15-18,32H,5-9,25H2,(H2,26,33)(H,27,28)(H,29,38)(H,30,36)(H,31,37)(H,34,35)(H,39,40). The number of H-pyrrole nitrogens is 1. The van der Waals surface area contributed by atoms with Gasteiger partial charge in [0, 0.05) is 31.2 Å². The van der Waals surface area contributed by atoms with E-state index in [1.54, 1.807) is 0 Å². The Morgan fingerprint density at radius 1 is 0.875 bits per heavy atom. The predicted octanol–water partition coefficient (Wildman–Crippen LogP) is -2.49. The second kappa shape index (κ2) is 14.8.